The summed E-state index contributed by atoms with van der Waals surface area (Å²) in [6.07, 6.45) is 0. The fourth-order valence-electron chi connectivity index (χ4n) is 2.01. The van der Waals surface area contributed by atoms with Crippen LogP contribution in [0.1, 0.15) is 11.5 Å². The third kappa shape index (κ3) is 1.22. The number of ether oxygens (including phenoxy) is 1. The Morgan fingerprint density at radius 1 is 1.07 bits per heavy atom. The SMILES string of the molecule is O=C1OCC1c1cccc2ccccc12. The summed E-state index contributed by atoms with van der Waals surface area (Å²) in [5.41, 5.74) is 1.09. The lowest BCUT2D eigenvalue weighted by atomic mass is 9.92. The third-order valence-corrected chi connectivity index (χ3v) is 2.88. The molecule has 15 heavy (non-hydrogen) atoms. The van der Waals surface area contributed by atoms with Crippen molar-refractivity contribution in [3.8, 4) is 0 Å². The first-order valence-electron chi connectivity index (χ1n) is 5.00. The molecule has 0 N–H and O–H groups in total. The highest BCUT2D eigenvalue weighted by atomic mass is 16.6. The second kappa shape index (κ2) is 3.09. The van der Waals surface area contributed by atoms with E-state index in [1.54, 1.807) is 0 Å². The molecule has 1 fully saturated rings. The molecule has 2 heteroatoms. The van der Waals surface area contributed by atoms with Crippen LogP contribution in [0.2, 0.25) is 0 Å². The van der Waals surface area contributed by atoms with Gasteiger partial charge in [-0.15, -0.1) is 0 Å². The second-order valence-electron chi connectivity index (χ2n) is 3.75. The molecule has 1 saturated heterocycles. The van der Waals surface area contributed by atoms with Crippen molar-refractivity contribution >= 4 is 16.7 Å². The normalized spacial score (nSPS) is 19.7. The van der Waals surface area contributed by atoms with E-state index in [0.717, 1.165) is 10.9 Å². The van der Waals surface area contributed by atoms with Gasteiger partial charge in [0, 0.05) is 0 Å². The first-order chi connectivity index (χ1) is 7.36. The Morgan fingerprint density at radius 2 is 1.87 bits per heavy atom. The van der Waals surface area contributed by atoms with Gasteiger partial charge in [0.05, 0.1) is 0 Å². The molecule has 1 heterocycles. The molecule has 0 saturated carbocycles. The van der Waals surface area contributed by atoms with E-state index in [1.165, 1.54) is 5.39 Å². The highest BCUT2D eigenvalue weighted by Crippen LogP contribution is 2.31. The largest absolute Gasteiger partial charge is 0.464 e. The molecule has 2 aromatic rings. The Labute approximate surface area is 87.5 Å². The molecule has 74 valence electrons. The molecule has 0 radical (unpaired) electrons. The van der Waals surface area contributed by atoms with Crippen LogP contribution in [0.5, 0.6) is 0 Å². The maximum atomic E-state index is 11.3. The summed E-state index contributed by atoms with van der Waals surface area (Å²) in [7, 11) is 0. The van der Waals surface area contributed by atoms with Crippen LogP contribution in [-0.2, 0) is 9.53 Å². The predicted octanol–water partition coefficient (Wildman–Crippen LogP) is 2.48. The van der Waals surface area contributed by atoms with Gasteiger partial charge in [-0.1, -0.05) is 42.5 Å². The Hall–Kier alpha value is -1.83. The summed E-state index contributed by atoms with van der Waals surface area (Å²) in [5.74, 6) is -0.164. The molecule has 1 aliphatic rings. The minimum absolute atomic E-state index is 0.0592. The van der Waals surface area contributed by atoms with Crippen LogP contribution < -0.4 is 0 Å². The van der Waals surface area contributed by atoms with E-state index in [4.69, 9.17) is 4.74 Å². The molecular weight excluding hydrogens is 188 g/mol. The van der Waals surface area contributed by atoms with E-state index in [2.05, 4.69) is 18.2 Å². The number of hydrogen-bond donors (Lipinski definition) is 0. The van der Waals surface area contributed by atoms with Gasteiger partial charge in [0.2, 0.25) is 0 Å². The summed E-state index contributed by atoms with van der Waals surface area (Å²) < 4.78 is 4.81. The zero-order valence-electron chi connectivity index (χ0n) is 8.14. The summed E-state index contributed by atoms with van der Waals surface area (Å²) in [4.78, 5) is 11.3. The number of esters is 1. The lowest BCUT2D eigenvalue weighted by Crippen LogP contribution is -2.32. The van der Waals surface area contributed by atoms with Gasteiger partial charge in [-0.05, 0) is 16.3 Å². The second-order valence-corrected chi connectivity index (χ2v) is 3.75. The van der Waals surface area contributed by atoms with Crippen LogP contribution in [0.25, 0.3) is 10.8 Å². The molecule has 1 aliphatic heterocycles. The van der Waals surface area contributed by atoms with Gasteiger partial charge in [-0.3, -0.25) is 4.79 Å². The Bertz CT molecular complexity index is 526. The van der Waals surface area contributed by atoms with Crippen molar-refractivity contribution in [1.82, 2.24) is 0 Å². The molecule has 0 aliphatic carbocycles. The van der Waals surface area contributed by atoms with Crippen molar-refractivity contribution in [3.05, 3.63) is 48.0 Å². The van der Waals surface area contributed by atoms with E-state index in [9.17, 15) is 4.79 Å². The first-order valence-corrected chi connectivity index (χ1v) is 5.00. The number of rotatable bonds is 1. The first kappa shape index (κ1) is 8.48. The number of carbonyl (C=O) groups excluding carboxylic acids is 1. The number of cyclic esters (lactones) is 1. The van der Waals surface area contributed by atoms with Gasteiger partial charge in [0.1, 0.15) is 12.5 Å². The highest BCUT2D eigenvalue weighted by Gasteiger charge is 2.33. The molecule has 3 rings (SSSR count). The number of hydrogen-bond acceptors (Lipinski definition) is 2. The fraction of sp³-hybridized carbons (Fsp3) is 0.154. The predicted molar refractivity (Wildman–Crippen MR) is 57.6 cm³/mol. The summed E-state index contributed by atoms with van der Waals surface area (Å²) in [5, 5.41) is 2.33. The minimum Gasteiger partial charge on any atom is -0.464 e. The highest BCUT2D eigenvalue weighted by molar-refractivity contribution is 5.93. The lowest BCUT2D eigenvalue weighted by molar-refractivity contribution is -0.161. The van der Waals surface area contributed by atoms with E-state index >= 15 is 0 Å². The van der Waals surface area contributed by atoms with E-state index in [1.807, 2.05) is 24.3 Å². The Balaban J connectivity index is 2.21. The van der Waals surface area contributed by atoms with Crippen LogP contribution >= 0.6 is 0 Å². The smallest absolute Gasteiger partial charge is 0.316 e. The van der Waals surface area contributed by atoms with Crippen molar-refractivity contribution in [3.63, 3.8) is 0 Å². The maximum Gasteiger partial charge on any atom is 0.316 e. The maximum absolute atomic E-state index is 11.3. The van der Waals surface area contributed by atoms with Crippen LogP contribution in [0.4, 0.5) is 0 Å². The van der Waals surface area contributed by atoms with Crippen molar-refractivity contribution < 1.29 is 9.53 Å². The van der Waals surface area contributed by atoms with Crippen molar-refractivity contribution in [2.24, 2.45) is 0 Å². The average molecular weight is 198 g/mol. The van der Waals surface area contributed by atoms with Crippen LogP contribution in [0.3, 0.4) is 0 Å². The third-order valence-electron chi connectivity index (χ3n) is 2.88. The number of carbonyl (C=O) groups is 1. The Kier molecular flexibility index (Phi) is 1.75. The molecule has 2 aromatic carbocycles. The monoisotopic (exact) mass is 198 g/mol. The molecule has 2 nitrogen and oxygen atoms in total. The van der Waals surface area contributed by atoms with Crippen molar-refractivity contribution in [1.29, 1.82) is 0 Å². The van der Waals surface area contributed by atoms with Gasteiger partial charge in [-0.2, -0.15) is 0 Å². The fourth-order valence-corrected chi connectivity index (χ4v) is 2.01. The summed E-state index contributed by atoms with van der Waals surface area (Å²) >= 11 is 0. The molecule has 0 spiro atoms. The molecule has 0 bridgehead atoms. The van der Waals surface area contributed by atoms with Crippen molar-refractivity contribution in [2.45, 2.75) is 5.92 Å². The van der Waals surface area contributed by atoms with Crippen LogP contribution in [0.15, 0.2) is 42.5 Å². The van der Waals surface area contributed by atoms with Gasteiger partial charge in [0.25, 0.3) is 0 Å². The van der Waals surface area contributed by atoms with Gasteiger partial charge in [0.15, 0.2) is 0 Å². The average Bonchev–Trinajstić information content (AvgIpc) is 2.28. The van der Waals surface area contributed by atoms with Crippen molar-refractivity contribution in [2.75, 3.05) is 6.61 Å². The molecule has 0 amide bonds. The van der Waals surface area contributed by atoms with Gasteiger partial charge < -0.3 is 4.74 Å². The molecule has 1 atom stereocenters. The quantitative estimate of drug-likeness (QED) is 0.658. The van der Waals surface area contributed by atoms with Gasteiger partial charge in [-0.25, -0.2) is 0 Å². The lowest BCUT2D eigenvalue weighted by Gasteiger charge is -2.25. The van der Waals surface area contributed by atoms with Crippen LogP contribution in [0, 0.1) is 0 Å². The minimum atomic E-state index is -0.105. The number of benzene rings is 2. The zero-order valence-corrected chi connectivity index (χ0v) is 8.14. The Morgan fingerprint density at radius 3 is 2.60 bits per heavy atom. The molecule has 0 aromatic heterocycles. The number of fused-ring (bicyclic) bond motifs is 1. The van der Waals surface area contributed by atoms with Gasteiger partial charge >= 0.3 is 5.97 Å². The topological polar surface area (TPSA) is 26.3 Å². The zero-order chi connectivity index (χ0) is 10.3. The summed E-state index contributed by atoms with van der Waals surface area (Å²) in [6, 6.07) is 14.2. The van der Waals surface area contributed by atoms with E-state index < -0.39 is 0 Å². The molecular formula is C13H10O2. The molecule has 1 unspecified atom stereocenters. The summed E-state index contributed by atoms with van der Waals surface area (Å²) in [6.45, 7) is 0.521. The standard InChI is InChI=1S/C13H10O2/c14-13-12(8-15-13)11-7-3-5-9-4-1-2-6-10(9)11/h1-7,12H,8H2. The van der Waals surface area contributed by atoms with Crippen LogP contribution in [-0.4, -0.2) is 12.6 Å². The van der Waals surface area contributed by atoms with E-state index in [0.29, 0.717) is 6.61 Å². The van der Waals surface area contributed by atoms with E-state index in [-0.39, 0.29) is 11.9 Å².